The van der Waals surface area contributed by atoms with E-state index in [1.807, 2.05) is 92.7 Å². The van der Waals surface area contributed by atoms with Gasteiger partial charge in [0.2, 0.25) is 0 Å². The minimum Gasteiger partial charge on any atom is -0.490 e. The van der Waals surface area contributed by atoms with Crippen molar-refractivity contribution in [1.29, 1.82) is 0 Å². The molecule has 2 N–H and O–H groups in total. The molecule has 7 nitrogen and oxygen atoms in total. The van der Waals surface area contributed by atoms with E-state index in [0.29, 0.717) is 24.2 Å². The van der Waals surface area contributed by atoms with Crippen LogP contribution < -0.4 is 11.1 Å². The van der Waals surface area contributed by atoms with E-state index in [-0.39, 0.29) is 17.0 Å². The summed E-state index contributed by atoms with van der Waals surface area (Å²) in [4.78, 5) is 27.8. The predicted molar refractivity (Wildman–Crippen MR) is 146 cm³/mol. The Morgan fingerprint density at radius 3 is 1.86 bits per heavy atom. The number of aromatic amines is 2. The molecule has 0 radical (unpaired) electrons. The van der Waals surface area contributed by atoms with E-state index in [0.717, 1.165) is 28.5 Å². The van der Waals surface area contributed by atoms with E-state index in [1.54, 1.807) is 15.4 Å². The number of hydrogen-bond donors (Lipinski definition) is 2. The number of hydrogen-bond acceptors (Lipinski definition) is 3. The second kappa shape index (κ2) is 10.2. The number of rotatable bonds is 8. The van der Waals surface area contributed by atoms with E-state index in [1.165, 1.54) is 0 Å². The fourth-order valence-corrected chi connectivity index (χ4v) is 5.07. The molecule has 2 heterocycles. The number of H-pyrrole nitrogens is 2. The Morgan fingerprint density at radius 1 is 0.919 bits per heavy atom. The van der Waals surface area contributed by atoms with Crippen molar-refractivity contribution in [1.82, 2.24) is 19.6 Å². The lowest BCUT2D eigenvalue weighted by atomic mass is 9.77. The number of aromatic nitrogens is 4. The van der Waals surface area contributed by atoms with Crippen molar-refractivity contribution in [2.75, 3.05) is 6.61 Å². The van der Waals surface area contributed by atoms with Gasteiger partial charge >= 0.3 is 0 Å². The predicted octanol–water partition coefficient (Wildman–Crippen LogP) is 5.06. The van der Waals surface area contributed by atoms with E-state index in [4.69, 9.17) is 4.74 Å². The number of nitrogens with one attached hydrogen (secondary N) is 2. The first-order valence-electron chi connectivity index (χ1n) is 12.4. The third kappa shape index (κ3) is 4.56. The average Bonchev–Trinajstić information content (AvgIpc) is 3.39. The van der Waals surface area contributed by atoms with Crippen LogP contribution in [0.1, 0.15) is 34.9 Å². The number of para-hydroxylation sites is 2. The molecule has 5 rings (SSSR count). The number of allylic oxidation sites excluding steroid dienone is 3. The van der Waals surface area contributed by atoms with Crippen molar-refractivity contribution in [2.45, 2.75) is 26.2 Å². The first kappa shape index (κ1) is 24.2. The van der Waals surface area contributed by atoms with Crippen molar-refractivity contribution < 1.29 is 4.74 Å². The van der Waals surface area contributed by atoms with Crippen LogP contribution in [0.15, 0.2) is 107 Å². The molecule has 2 aromatic heterocycles. The molecular weight excluding hydrogens is 464 g/mol. The number of ether oxygens (including phenoxy) is 1. The molecule has 0 bridgehead atoms. The molecule has 0 aliphatic heterocycles. The summed E-state index contributed by atoms with van der Waals surface area (Å²) in [7, 11) is 0. The topological polar surface area (TPSA) is 84.8 Å². The molecule has 0 unspecified atom stereocenters. The molecule has 4 aromatic rings. The van der Waals surface area contributed by atoms with Crippen LogP contribution in [-0.2, 0) is 4.74 Å². The highest BCUT2D eigenvalue weighted by Crippen LogP contribution is 2.37. The van der Waals surface area contributed by atoms with Crippen molar-refractivity contribution in [3.8, 4) is 11.4 Å². The van der Waals surface area contributed by atoms with Gasteiger partial charge < -0.3 is 4.74 Å². The standard InChI is InChI=1S/C30H30N4O3/c1-4-19-37-25-17-15-22(16-18-25)28(26-20(2)31-33(29(26)35)23-11-7-5-8-12-23)27-21(3)32-34(30(27)36)24-13-9-6-10-14-24/h4-15,17-18,22,28,31-32H,1,16,19H2,2-3H3/t22-/m0/s1. The number of nitrogens with zero attached hydrogens (tertiary/aromatic N) is 2. The third-order valence-electron chi connectivity index (χ3n) is 6.78. The molecule has 188 valence electrons. The van der Waals surface area contributed by atoms with Crippen molar-refractivity contribution in [3.63, 3.8) is 0 Å². The summed E-state index contributed by atoms with van der Waals surface area (Å²) in [6.45, 7) is 7.90. The summed E-state index contributed by atoms with van der Waals surface area (Å²) in [6.07, 6.45) is 8.30. The summed E-state index contributed by atoms with van der Waals surface area (Å²) in [6, 6.07) is 18.9. The van der Waals surface area contributed by atoms with Gasteiger partial charge in [-0.25, -0.2) is 9.36 Å². The molecule has 2 aromatic carbocycles. The summed E-state index contributed by atoms with van der Waals surface area (Å²) < 4.78 is 8.81. The minimum absolute atomic E-state index is 0.117. The van der Waals surface area contributed by atoms with E-state index >= 15 is 0 Å². The maximum Gasteiger partial charge on any atom is 0.275 e. The van der Waals surface area contributed by atoms with Crippen LogP contribution in [0.25, 0.3) is 11.4 Å². The molecule has 37 heavy (non-hydrogen) atoms. The first-order valence-corrected chi connectivity index (χ1v) is 12.4. The highest BCUT2D eigenvalue weighted by Gasteiger charge is 2.34. The summed E-state index contributed by atoms with van der Waals surface area (Å²) in [5.74, 6) is 0.180. The van der Waals surface area contributed by atoms with Crippen LogP contribution in [0, 0.1) is 19.8 Å². The molecule has 1 aliphatic carbocycles. The maximum atomic E-state index is 13.9. The Hall–Kier alpha value is -4.52. The maximum absolute atomic E-state index is 13.9. The summed E-state index contributed by atoms with van der Waals surface area (Å²) in [5.41, 5.74) is 3.80. The SMILES string of the molecule is C=CCOC1=CC[C@@H](C(c2c(C)[nH]n(-c3ccccc3)c2=O)c2c(C)[nH]n(-c3ccccc3)c2=O)C=C1. The zero-order chi connectivity index (χ0) is 25.9. The quantitative estimate of drug-likeness (QED) is 0.336. The summed E-state index contributed by atoms with van der Waals surface area (Å²) in [5, 5.41) is 6.48. The van der Waals surface area contributed by atoms with E-state index in [9.17, 15) is 9.59 Å². The normalized spacial score (nSPS) is 15.1. The zero-order valence-corrected chi connectivity index (χ0v) is 21.0. The van der Waals surface area contributed by atoms with Gasteiger partial charge in [-0.2, -0.15) is 0 Å². The van der Waals surface area contributed by atoms with Crippen molar-refractivity contribution in [2.24, 2.45) is 5.92 Å². The van der Waals surface area contributed by atoms with E-state index in [2.05, 4.69) is 16.8 Å². The van der Waals surface area contributed by atoms with Crippen molar-refractivity contribution >= 4 is 0 Å². The van der Waals surface area contributed by atoms with Gasteiger partial charge in [-0.15, -0.1) is 0 Å². The fraction of sp³-hybridized carbons (Fsp3) is 0.200. The van der Waals surface area contributed by atoms with Gasteiger partial charge in [0, 0.05) is 28.4 Å². The monoisotopic (exact) mass is 494 g/mol. The third-order valence-corrected chi connectivity index (χ3v) is 6.78. The van der Waals surface area contributed by atoms with E-state index < -0.39 is 5.92 Å². The van der Waals surface area contributed by atoms with Crippen LogP contribution in [0.5, 0.6) is 0 Å². The molecule has 1 atom stereocenters. The molecule has 0 saturated heterocycles. The first-order chi connectivity index (χ1) is 18.0. The number of benzene rings is 2. The van der Waals surface area contributed by atoms with Crippen LogP contribution in [-0.4, -0.2) is 26.2 Å². The van der Waals surface area contributed by atoms with Crippen LogP contribution in [0.4, 0.5) is 0 Å². The lowest BCUT2D eigenvalue weighted by Crippen LogP contribution is -2.28. The second-order valence-corrected chi connectivity index (χ2v) is 9.20. The van der Waals surface area contributed by atoms with Crippen LogP contribution in [0.3, 0.4) is 0 Å². The van der Waals surface area contributed by atoms with Gasteiger partial charge in [-0.3, -0.25) is 19.8 Å². The van der Waals surface area contributed by atoms with Gasteiger partial charge in [0.1, 0.15) is 12.4 Å². The Balaban J connectivity index is 1.66. The highest BCUT2D eigenvalue weighted by molar-refractivity contribution is 5.43. The Labute approximate surface area is 215 Å². The van der Waals surface area contributed by atoms with Gasteiger partial charge in [-0.05, 0) is 62.6 Å². The molecular formula is C30H30N4O3. The molecule has 0 saturated carbocycles. The van der Waals surface area contributed by atoms with Crippen LogP contribution >= 0.6 is 0 Å². The minimum atomic E-state index is -0.462. The Morgan fingerprint density at radius 2 is 1.43 bits per heavy atom. The highest BCUT2D eigenvalue weighted by atomic mass is 16.5. The smallest absolute Gasteiger partial charge is 0.275 e. The molecule has 0 fully saturated rings. The second-order valence-electron chi connectivity index (χ2n) is 9.20. The molecule has 0 spiro atoms. The summed E-state index contributed by atoms with van der Waals surface area (Å²) >= 11 is 0. The fourth-order valence-electron chi connectivity index (χ4n) is 5.07. The van der Waals surface area contributed by atoms with Gasteiger partial charge in [0.25, 0.3) is 11.1 Å². The average molecular weight is 495 g/mol. The molecule has 7 heteroatoms. The van der Waals surface area contributed by atoms with Gasteiger partial charge in [0.15, 0.2) is 0 Å². The van der Waals surface area contributed by atoms with Crippen molar-refractivity contribution in [3.05, 3.63) is 141 Å². The lowest BCUT2D eigenvalue weighted by Gasteiger charge is -2.25. The van der Waals surface area contributed by atoms with Crippen LogP contribution in [0.2, 0.25) is 0 Å². The Bertz CT molecular complexity index is 1490. The lowest BCUT2D eigenvalue weighted by molar-refractivity contribution is 0.257. The molecule has 1 aliphatic rings. The van der Waals surface area contributed by atoms with Gasteiger partial charge in [0.05, 0.1) is 11.4 Å². The Kier molecular flexibility index (Phi) is 6.68. The zero-order valence-electron chi connectivity index (χ0n) is 21.0. The largest absolute Gasteiger partial charge is 0.490 e. The number of aryl methyl sites for hydroxylation is 2. The molecule has 0 amide bonds. The van der Waals surface area contributed by atoms with Gasteiger partial charge in [-0.1, -0.05) is 55.1 Å².